The average molecular weight is 493 g/mol. The first-order valence-electron chi connectivity index (χ1n) is 10.5. The van der Waals surface area contributed by atoms with E-state index in [4.69, 9.17) is 0 Å². The zero-order chi connectivity index (χ0) is 25.2. The van der Waals surface area contributed by atoms with Crippen molar-refractivity contribution in [3.63, 3.8) is 0 Å². The largest absolute Gasteiger partial charge is 0.435 e. The number of amides is 1. The Morgan fingerprint density at radius 1 is 1.09 bits per heavy atom. The van der Waals surface area contributed by atoms with Gasteiger partial charge in [-0.05, 0) is 37.6 Å². The summed E-state index contributed by atoms with van der Waals surface area (Å²) < 4.78 is 84.9. The van der Waals surface area contributed by atoms with Crippen LogP contribution in [0.1, 0.15) is 33.1 Å². The minimum absolute atomic E-state index is 0.00106. The number of aryl methyl sites for hydroxylation is 2. The smallest absolute Gasteiger partial charge is 0.331 e. The molecular weight excluding hydrogens is 476 g/mol. The van der Waals surface area contributed by atoms with E-state index >= 15 is 0 Å². The van der Waals surface area contributed by atoms with Crippen molar-refractivity contribution < 1.29 is 31.1 Å². The number of alkyl halides is 3. The number of aromatic nitrogens is 4. The van der Waals surface area contributed by atoms with Crippen LogP contribution in [-0.4, -0.2) is 36.5 Å². The van der Waals surface area contributed by atoms with Gasteiger partial charge in [0.15, 0.2) is 23.1 Å². The van der Waals surface area contributed by atoms with Crippen molar-refractivity contribution in [2.45, 2.75) is 26.1 Å². The second-order valence-electron chi connectivity index (χ2n) is 8.30. The van der Waals surface area contributed by atoms with E-state index in [0.29, 0.717) is 22.6 Å². The quantitative estimate of drug-likeness (QED) is 0.301. The van der Waals surface area contributed by atoms with Crippen molar-refractivity contribution in [3.05, 3.63) is 76.1 Å². The number of carbonyl (C=O) groups is 1. The summed E-state index contributed by atoms with van der Waals surface area (Å²) in [5.41, 5.74) is -0.111. The van der Waals surface area contributed by atoms with E-state index in [1.807, 2.05) is 0 Å². The van der Waals surface area contributed by atoms with Crippen LogP contribution in [0.2, 0.25) is 0 Å². The molecule has 1 aliphatic heterocycles. The van der Waals surface area contributed by atoms with Crippen LogP contribution in [0.4, 0.5) is 26.3 Å². The number of fused-ring (bicyclic) bond motifs is 2. The van der Waals surface area contributed by atoms with E-state index in [9.17, 15) is 31.1 Å². The lowest BCUT2D eigenvalue weighted by Crippen LogP contribution is -2.37. The number of rotatable bonds is 2. The number of imidazole rings is 1. The molecule has 0 unspecified atom stereocenters. The summed E-state index contributed by atoms with van der Waals surface area (Å²) >= 11 is 0. The fraction of sp³-hybridized carbons (Fsp3) is 0.261. The summed E-state index contributed by atoms with van der Waals surface area (Å²) in [6.07, 6.45) is -4.68. The van der Waals surface area contributed by atoms with E-state index in [0.717, 1.165) is 12.1 Å². The summed E-state index contributed by atoms with van der Waals surface area (Å²) in [5.74, 6) is -5.17. The Kier molecular flexibility index (Phi) is 5.15. The highest BCUT2D eigenvalue weighted by Gasteiger charge is 2.42. The molecule has 0 bridgehead atoms. The SMILES string of the molecule is Cc1cccc2nc(C(F)(F)F)c(C(=O)N3CCc4c(nn(C)c4-c4cc(F)c(F)c(F)c4)C3)n12. The number of pyridine rings is 1. The summed E-state index contributed by atoms with van der Waals surface area (Å²) in [5, 5.41) is 4.31. The maximum atomic E-state index is 13.8. The maximum Gasteiger partial charge on any atom is 0.435 e. The molecule has 0 N–H and O–H groups in total. The Hall–Kier alpha value is -3.83. The summed E-state index contributed by atoms with van der Waals surface area (Å²) in [6, 6.07) is 6.22. The second kappa shape index (κ2) is 7.85. The van der Waals surface area contributed by atoms with E-state index < -0.39 is 40.9 Å². The molecule has 0 atom stereocenters. The van der Waals surface area contributed by atoms with Gasteiger partial charge in [-0.25, -0.2) is 18.2 Å². The van der Waals surface area contributed by atoms with E-state index in [1.54, 1.807) is 19.1 Å². The third kappa shape index (κ3) is 3.63. The minimum Gasteiger partial charge on any atom is -0.331 e. The number of hydrogen-bond donors (Lipinski definition) is 0. The van der Waals surface area contributed by atoms with Crippen molar-refractivity contribution in [2.24, 2.45) is 7.05 Å². The topological polar surface area (TPSA) is 55.4 Å². The first kappa shape index (κ1) is 22.9. The van der Waals surface area contributed by atoms with Gasteiger partial charge in [0.1, 0.15) is 11.3 Å². The molecule has 4 heterocycles. The van der Waals surface area contributed by atoms with Crippen LogP contribution in [0.25, 0.3) is 16.9 Å². The van der Waals surface area contributed by atoms with Crippen molar-refractivity contribution in [3.8, 4) is 11.3 Å². The third-order valence-corrected chi connectivity index (χ3v) is 6.06. The molecule has 1 aliphatic rings. The first-order valence-corrected chi connectivity index (χ1v) is 10.5. The summed E-state index contributed by atoms with van der Waals surface area (Å²) in [7, 11) is 1.52. The Morgan fingerprint density at radius 2 is 1.77 bits per heavy atom. The summed E-state index contributed by atoms with van der Waals surface area (Å²) in [4.78, 5) is 18.3. The number of benzene rings is 1. The highest BCUT2D eigenvalue weighted by Crippen LogP contribution is 2.35. The van der Waals surface area contributed by atoms with Crippen LogP contribution in [-0.2, 0) is 26.2 Å². The molecule has 3 aromatic heterocycles. The van der Waals surface area contributed by atoms with Crippen LogP contribution in [0, 0.1) is 24.4 Å². The van der Waals surface area contributed by atoms with Crippen LogP contribution >= 0.6 is 0 Å². The molecule has 35 heavy (non-hydrogen) atoms. The van der Waals surface area contributed by atoms with Crippen LogP contribution in [0.15, 0.2) is 30.3 Å². The second-order valence-corrected chi connectivity index (χ2v) is 8.30. The first-order chi connectivity index (χ1) is 16.5. The molecule has 1 aromatic carbocycles. The number of halogens is 6. The van der Waals surface area contributed by atoms with E-state index in [1.165, 1.54) is 27.1 Å². The minimum atomic E-state index is -4.85. The standard InChI is InChI=1S/C23H17F6N5O/c1-11-4-3-5-17-30-21(23(27,28)29)20(34(11)17)22(35)33-7-6-13-16(10-33)31-32(2)19(13)12-8-14(24)18(26)15(25)9-12/h3-5,8-9H,6-7,10H2,1-2H3. The van der Waals surface area contributed by atoms with Crippen molar-refractivity contribution in [2.75, 3.05) is 6.54 Å². The molecule has 6 nitrogen and oxygen atoms in total. The predicted octanol–water partition coefficient (Wildman–Crippen LogP) is 4.68. The van der Waals surface area contributed by atoms with Crippen LogP contribution in [0.3, 0.4) is 0 Å². The van der Waals surface area contributed by atoms with Gasteiger partial charge in [-0.3, -0.25) is 13.9 Å². The van der Waals surface area contributed by atoms with Crippen LogP contribution < -0.4 is 0 Å². The molecule has 0 radical (unpaired) electrons. The molecule has 1 amide bonds. The fourth-order valence-corrected chi connectivity index (χ4v) is 4.55. The van der Waals surface area contributed by atoms with Gasteiger partial charge in [-0.15, -0.1) is 0 Å². The monoisotopic (exact) mass is 493 g/mol. The number of hydrogen-bond acceptors (Lipinski definition) is 3. The molecular formula is C23H17F6N5O. The normalized spacial score (nSPS) is 14.0. The van der Waals surface area contributed by atoms with Gasteiger partial charge in [0.05, 0.1) is 17.9 Å². The van der Waals surface area contributed by atoms with Gasteiger partial charge >= 0.3 is 6.18 Å². The predicted molar refractivity (Wildman–Crippen MR) is 112 cm³/mol. The van der Waals surface area contributed by atoms with Gasteiger partial charge in [-0.1, -0.05) is 6.07 Å². The molecule has 182 valence electrons. The van der Waals surface area contributed by atoms with Crippen molar-refractivity contribution in [1.82, 2.24) is 24.1 Å². The highest BCUT2D eigenvalue weighted by molar-refractivity contribution is 5.95. The maximum absolute atomic E-state index is 13.8. The van der Waals surface area contributed by atoms with E-state index in [-0.39, 0.29) is 30.7 Å². The Labute approximate surface area is 194 Å². The van der Waals surface area contributed by atoms with Gasteiger partial charge in [0, 0.05) is 30.4 Å². The highest BCUT2D eigenvalue weighted by atomic mass is 19.4. The molecule has 0 aliphatic carbocycles. The van der Waals surface area contributed by atoms with Gasteiger partial charge in [0.2, 0.25) is 0 Å². The molecule has 0 fully saturated rings. The number of carbonyl (C=O) groups excluding carboxylic acids is 1. The molecule has 4 aromatic rings. The van der Waals surface area contributed by atoms with Gasteiger partial charge in [-0.2, -0.15) is 18.3 Å². The Morgan fingerprint density at radius 3 is 2.43 bits per heavy atom. The molecule has 0 saturated carbocycles. The zero-order valence-corrected chi connectivity index (χ0v) is 18.4. The Balaban J connectivity index is 1.55. The van der Waals surface area contributed by atoms with Crippen molar-refractivity contribution >= 4 is 11.6 Å². The summed E-state index contributed by atoms with van der Waals surface area (Å²) in [6.45, 7) is 1.49. The van der Waals surface area contributed by atoms with Crippen LogP contribution in [0.5, 0.6) is 0 Å². The van der Waals surface area contributed by atoms with Gasteiger partial charge in [0.25, 0.3) is 5.91 Å². The average Bonchev–Trinajstić information content (AvgIpc) is 3.34. The van der Waals surface area contributed by atoms with E-state index in [2.05, 4.69) is 10.1 Å². The van der Waals surface area contributed by atoms with Crippen molar-refractivity contribution in [1.29, 1.82) is 0 Å². The zero-order valence-electron chi connectivity index (χ0n) is 18.4. The lowest BCUT2D eigenvalue weighted by Gasteiger charge is -2.27. The lowest BCUT2D eigenvalue weighted by atomic mass is 9.99. The molecule has 5 rings (SSSR count). The third-order valence-electron chi connectivity index (χ3n) is 6.06. The Bertz CT molecular complexity index is 1480. The molecule has 0 spiro atoms. The fourth-order valence-electron chi connectivity index (χ4n) is 4.55. The number of nitrogens with zero attached hydrogens (tertiary/aromatic N) is 5. The molecule has 0 saturated heterocycles. The lowest BCUT2D eigenvalue weighted by molar-refractivity contribution is -0.141. The molecule has 12 heteroatoms. The van der Waals surface area contributed by atoms with Gasteiger partial charge < -0.3 is 4.90 Å².